The van der Waals surface area contributed by atoms with Gasteiger partial charge in [-0.15, -0.1) is 11.3 Å². The van der Waals surface area contributed by atoms with Crippen LogP contribution in [0.5, 0.6) is 5.75 Å². The van der Waals surface area contributed by atoms with Crippen LogP contribution in [0.1, 0.15) is 22.2 Å². The first-order valence-electron chi connectivity index (χ1n) is 7.88. The molecule has 1 aliphatic rings. The third-order valence-corrected chi connectivity index (χ3v) is 4.42. The summed E-state index contributed by atoms with van der Waals surface area (Å²) in [6.07, 6.45) is 1.67. The predicted molar refractivity (Wildman–Crippen MR) is 90.2 cm³/mol. The average Bonchev–Trinajstić information content (AvgIpc) is 3.19. The minimum absolute atomic E-state index is 0.288. The van der Waals surface area contributed by atoms with Crippen molar-refractivity contribution in [2.45, 2.75) is 26.7 Å². The number of carbonyl (C=O) groups is 1. The van der Waals surface area contributed by atoms with Crippen molar-refractivity contribution in [1.29, 1.82) is 0 Å². The van der Waals surface area contributed by atoms with Gasteiger partial charge in [0.05, 0.1) is 31.9 Å². The van der Waals surface area contributed by atoms with Crippen molar-refractivity contribution < 1.29 is 19.0 Å². The smallest absolute Gasteiger partial charge is 0.283 e. The van der Waals surface area contributed by atoms with Crippen molar-refractivity contribution in [2.24, 2.45) is 4.99 Å². The summed E-state index contributed by atoms with van der Waals surface area (Å²) in [5.74, 6) is 0.235. The largest absolute Gasteiger partial charge is 0.493 e. The second kappa shape index (κ2) is 7.74. The highest BCUT2D eigenvalue weighted by molar-refractivity contribution is 7.09. The van der Waals surface area contributed by atoms with Gasteiger partial charge in [0.25, 0.3) is 5.91 Å². The van der Waals surface area contributed by atoms with Gasteiger partial charge < -0.3 is 18.8 Å². The summed E-state index contributed by atoms with van der Waals surface area (Å²) in [6, 6.07) is 7.15. The van der Waals surface area contributed by atoms with Gasteiger partial charge in [-0.25, -0.2) is 0 Å². The Morgan fingerprint density at radius 2 is 2.12 bits per heavy atom. The molecule has 0 radical (unpaired) electrons. The van der Waals surface area contributed by atoms with Crippen LogP contribution in [0.4, 0.5) is 0 Å². The first kappa shape index (κ1) is 16.9. The van der Waals surface area contributed by atoms with Crippen molar-refractivity contribution in [3.05, 3.63) is 45.7 Å². The number of amides is 1. The monoisotopic (exact) mass is 348 g/mol. The maximum absolute atomic E-state index is 12.6. The Labute approximate surface area is 144 Å². The second-order valence-electron chi connectivity index (χ2n) is 5.29. The number of ether oxygens (including phenoxy) is 3. The Balaban J connectivity index is 1.89. The molecule has 6 nitrogen and oxygen atoms in total. The Morgan fingerprint density at radius 1 is 1.38 bits per heavy atom. The third-order valence-electron chi connectivity index (χ3n) is 3.49. The molecule has 3 rings (SSSR count). The molecule has 2 heterocycles. The van der Waals surface area contributed by atoms with Crippen molar-refractivity contribution in [1.82, 2.24) is 4.57 Å². The molecular formula is C17H20N2O4S. The van der Waals surface area contributed by atoms with Crippen LogP contribution in [-0.4, -0.2) is 36.6 Å². The van der Waals surface area contributed by atoms with Crippen molar-refractivity contribution in [3.63, 3.8) is 0 Å². The van der Waals surface area contributed by atoms with Crippen LogP contribution in [0, 0.1) is 6.92 Å². The normalized spacial score (nSPS) is 15.8. The molecule has 0 saturated carbocycles. The lowest BCUT2D eigenvalue weighted by Gasteiger charge is -2.09. The van der Waals surface area contributed by atoms with E-state index in [9.17, 15) is 4.79 Å². The topological polar surface area (TPSA) is 62.0 Å². The van der Waals surface area contributed by atoms with Crippen molar-refractivity contribution in [2.75, 3.05) is 19.8 Å². The zero-order chi connectivity index (χ0) is 16.9. The van der Waals surface area contributed by atoms with Gasteiger partial charge in [0.1, 0.15) is 5.75 Å². The van der Waals surface area contributed by atoms with E-state index in [1.165, 1.54) is 11.3 Å². The van der Waals surface area contributed by atoms with Gasteiger partial charge in [-0.3, -0.25) is 4.79 Å². The van der Waals surface area contributed by atoms with Gasteiger partial charge in [0, 0.05) is 11.1 Å². The van der Waals surface area contributed by atoms with E-state index in [4.69, 9.17) is 14.2 Å². The van der Waals surface area contributed by atoms with E-state index in [1.54, 1.807) is 18.2 Å². The summed E-state index contributed by atoms with van der Waals surface area (Å²) in [7, 11) is 0. The number of thiazole rings is 1. The van der Waals surface area contributed by atoms with Crippen LogP contribution in [0.2, 0.25) is 0 Å². The Hall–Kier alpha value is -1.96. The lowest BCUT2D eigenvalue weighted by Crippen LogP contribution is -2.24. The SMILES string of the molecule is CCOc1ccccc1C(=O)N=c1sc(C)cn1CC1OCCO1. The van der Waals surface area contributed by atoms with Gasteiger partial charge in [0.15, 0.2) is 11.1 Å². The summed E-state index contributed by atoms with van der Waals surface area (Å²) < 4.78 is 18.4. The standard InChI is InChI=1S/C17H20N2O4S/c1-3-21-14-7-5-4-6-13(14)16(20)18-17-19(10-12(2)24-17)11-15-22-8-9-23-15/h4-7,10,15H,3,8-9,11H2,1-2H3. The van der Waals surface area contributed by atoms with Gasteiger partial charge in [-0.2, -0.15) is 4.99 Å². The third kappa shape index (κ3) is 3.92. The van der Waals surface area contributed by atoms with E-state index in [2.05, 4.69) is 4.99 Å². The molecule has 24 heavy (non-hydrogen) atoms. The molecule has 0 N–H and O–H groups in total. The van der Waals surface area contributed by atoms with E-state index in [0.29, 0.717) is 42.5 Å². The molecule has 0 bridgehead atoms. The zero-order valence-electron chi connectivity index (χ0n) is 13.7. The zero-order valence-corrected chi connectivity index (χ0v) is 14.5. The van der Waals surface area contributed by atoms with Crippen LogP contribution in [-0.2, 0) is 16.0 Å². The first-order valence-corrected chi connectivity index (χ1v) is 8.70. The fourth-order valence-electron chi connectivity index (χ4n) is 2.47. The van der Waals surface area contributed by atoms with E-state index in [0.717, 1.165) is 4.88 Å². The number of nitrogens with zero attached hydrogens (tertiary/aromatic N) is 2. The maximum Gasteiger partial charge on any atom is 0.283 e. The number of aromatic nitrogens is 1. The number of carbonyl (C=O) groups excluding carboxylic acids is 1. The molecule has 7 heteroatoms. The molecule has 1 fully saturated rings. The predicted octanol–water partition coefficient (Wildman–Crippen LogP) is 2.37. The van der Waals surface area contributed by atoms with E-state index < -0.39 is 0 Å². The van der Waals surface area contributed by atoms with Crippen LogP contribution >= 0.6 is 11.3 Å². The lowest BCUT2D eigenvalue weighted by atomic mass is 10.2. The van der Waals surface area contributed by atoms with Crippen LogP contribution in [0.3, 0.4) is 0 Å². The van der Waals surface area contributed by atoms with Gasteiger partial charge in [-0.1, -0.05) is 12.1 Å². The van der Waals surface area contributed by atoms with Gasteiger partial charge in [-0.05, 0) is 26.0 Å². The fraction of sp³-hybridized carbons (Fsp3) is 0.412. The molecular weight excluding hydrogens is 328 g/mol. The maximum atomic E-state index is 12.6. The molecule has 1 amide bonds. The molecule has 0 spiro atoms. The summed E-state index contributed by atoms with van der Waals surface area (Å²) >= 11 is 1.46. The molecule has 0 unspecified atom stereocenters. The number of hydrogen-bond donors (Lipinski definition) is 0. The molecule has 128 valence electrons. The molecule has 1 aromatic heterocycles. The van der Waals surface area contributed by atoms with Crippen LogP contribution in [0.25, 0.3) is 0 Å². The van der Waals surface area contributed by atoms with Crippen LogP contribution < -0.4 is 9.54 Å². The average molecular weight is 348 g/mol. The van der Waals surface area contributed by atoms with E-state index in [-0.39, 0.29) is 12.2 Å². The summed E-state index contributed by atoms with van der Waals surface area (Å²) in [4.78, 5) is 18.6. The number of benzene rings is 1. The number of hydrogen-bond acceptors (Lipinski definition) is 5. The van der Waals surface area contributed by atoms with Gasteiger partial charge in [0.2, 0.25) is 0 Å². The number of aryl methyl sites for hydroxylation is 1. The van der Waals surface area contributed by atoms with E-state index >= 15 is 0 Å². The van der Waals surface area contributed by atoms with Crippen molar-refractivity contribution in [3.8, 4) is 5.75 Å². The van der Waals surface area contributed by atoms with Crippen molar-refractivity contribution >= 4 is 17.2 Å². The molecule has 2 aromatic rings. The minimum atomic E-state index is -0.317. The Morgan fingerprint density at radius 3 is 2.88 bits per heavy atom. The highest BCUT2D eigenvalue weighted by atomic mass is 32.1. The Kier molecular flexibility index (Phi) is 5.44. The minimum Gasteiger partial charge on any atom is -0.493 e. The van der Waals surface area contributed by atoms with Gasteiger partial charge >= 0.3 is 0 Å². The number of rotatable bonds is 5. The highest BCUT2D eigenvalue weighted by Gasteiger charge is 2.18. The van der Waals surface area contributed by atoms with Crippen LogP contribution in [0.15, 0.2) is 35.5 Å². The summed E-state index contributed by atoms with van der Waals surface area (Å²) in [5, 5.41) is 0. The first-order chi connectivity index (χ1) is 11.7. The number of para-hydroxylation sites is 1. The second-order valence-corrected chi connectivity index (χ2v) is 6.51. The highest BCUT2D eigenvalue weighted by Crippen LogP contribution is 2.19. The molecule has 0 atom stereocenters. The molecule has 1 aliphatic heterocycles. The summed E-state index contributed by atoms with van der Waals surface area (Å²) in [6.45, 7) is 6.08. The summed E-state index contributed by atoms with van der Waals surface area (Å²) in [5.41, 5.74) is 0.463. The van der Waals surface area contributed by atoms with E-state index in [1.807, 2.05) is 30.7 Å². The lowest BCUT2D eigenvalue weighted by molar-refractivity contribution is -0.0529. The Bertz CT molecular complexity index is 775. The molecule has 1 aromatic carbocycles. The quantitative estimate of drug-likeness (QED) is 0.832. The molecule has 1 saturated heterocycles. The fourth-order valence-corrected chi connectivity index (χ4v) is 3.31. The molecule has 0 aliphatic carbocycles.